The molecule has 4 N–H and O–H groups in total. The number of carbonyl (C=O) groups is 4. The Morgan fingerprint density at radius 3 is 1.68 bits per heavy atom. The molecule has 3 aromatic carbocycles. The van der Waals surface area contributed by atoms with E-state index in [1.807, 2.05) is 80.6 Å². The molecular formula is C43H52N8O6. The van der Waals surface area contributed by atoms with E-state index in [1.165, 1.54) is 7.11 Å². The Morgan fingerprint density at radius 2 is 1.19 bits per heavy atom. The molecule has 2 heterocycles. The van der Waals surface area contributed by atoms with E-state index in [-0.39, 0.29) is 31.4 Å². The quantitative estimate of drug-likeness (QED) is 0.0812. The molecule has 0 aliphatic heterocycles. The van der Waals surface area contributed by atoms with Gasteiger partial charge < -0.3 is 39.9 Å². The largest absolute Gasteiger partial charge is 0.453 e. The number of benzene rings is 3. The second-order valence-electron chi connectivity index (χ2n) is 14.6. The Bertz CT molecular complexity index is 2090. The monoisotopic (exact) mass is 776 g/mol. The molecule has 0 aliphatic rings. The summed E-state index contributed by atoms with van der Waals surface area (Å²) in [6.45, 7) is 10.6. The average Bonchev–Trinajstić information content (AvgIpc) is 3.88. The first kappa shape index (κ1) is 41.7. The van der Waals surface area contributed by atoms with Crippen molar-refractivity contribution in [2.45, 2.75) is 72.2 Å². The number of rotatable bonds is 16. The van der Waals surface area contributed by atoms with Crippen LogP contribution in [0.15, 0.2) is 91.3 Å². The summed E-state index contributed by atoms with van der Waals surface area (Å²) >= 11 is 0. The highest BCUT2D eigenvalue weighted by atomic mass is 16.6. The van der Waals surface area contributed by atoms with Gasteiger partial charge in [0, 0.05) is 13.1 Å². The van der Waals surface area contributed by atoms with Crippen LogP contribution in [-0.4, -0.2) is 86.1 Å². The fourth-order valence-corrected chi connectivity index (χ4v) is 6.19. The van der Waals surface area contributed by atoms with Crippen LogP contribution in [0.3, 0.4) is 0 Å². The lowest BCUT2D eigenvalue weighted by molar-refractivity contribution is -0.134. The highest BCUT2D eigenvalue weighted by molar-refractivity contribution is 5.87. The lowest BCUT2D eigenvalue weighted by Gasteiger charge is -2.27. The summed E-state index contributed by atoms with van der Waals surface area (Å²) in [5, 5.41) is 5.22. The fraction of sp³-hybridized carbons (Fsp3) is 0.349. The first-order valence-electron chi connectivity index (χ1n) is 19.1. The molecule has 0 aliphatic carbocycles. The average molecular weight is 777 g/mol. The molecule has 2 aromatic heterocycles. The van der Waals surface area contributed by atoms with E-state index in [0.29, 0.717) is 30.3 Å². The Kier molecular flexibility index (Phi) is 14.2. The van der Waals surface area contributed by atoms with Gasteiger partial charge in [-0.2, -0.15) is 0 Å². The molecule has 57 heavy (non-hydrogen) atoms. The molecule has 4 amide bonds. The van der Waals surface area contributed by atoms with Gasteiger partial charge in [-0.15, -0.1) is 0 Å². The van der Waals surface area contributed by atoms with E-state index < -0.39 is 23.8 Å². The maximum atomic E-state index is 13.8. The van der Waals surface area contributed by atoms with E-state index >= 15 is 0 Å². The number of aromatic nitrogens is 4. The summed E-state index contributed by atoms with van der Waals surface area (Å²) in [6, 6.07) is 24.5. The summed E-state index contributed by atoms with van der Waals surface area (Å²) in [4.78, 5) is 70.0. The van der Waals surface area contributed by atoms with E-state index in [2.05, 4.69) is 30.6 Å². The lowest BCUT2D eigenvalue weighted by Crippen LogP contribution is -2.43. The summed E-state index contributed by atoms with van der Waals surface area (Å²) in [5.74, 6) is 0.782. The Hall–Kier alpha value is -6.44. The molecule has 0 radical (unpaired) electrons. The molecule has 1 atom stereocenters. The van der Waals surface area contributed by atoms with Crippen molar-refractivity contribution in [3.05, 3.63) is 108 Å². The molecule has 5 aromatic rings. The minimum absolute atomic E-state index is 0.164. The van der Waals surface area contributed by atoms with Crippen LogP contribution in [0.2, 0.25) is 0 Å². The second-order valence-corrected chi connectivity index (χ2v) is 14.6. The maximum absolute atomic E-state index is 13.8. The molecule has 14 heteroatoms. The number of imidazole rings is 2. The smallest absolute Gasteiger partial charge is 0.408 e. The minimum Gasteiger partial charge on any atom is -0.453 e. The van der Waals surface area contributed by atoms with Crippen LogP contribution in [0.1, 0.15) is 70.7 Å². The number of amides is 4. The van der Waals surface area contributed by atoms with Gasteiger partial charge in [0.15, 0.2) is 0 Å². The van der Waals surface area contributed by atoms with Gasteiger partial charge in [-0.1, -0.05) is 92.7 Å². The number of H-pyrrole nitrogens is 2. The first-order valence-corrected chi connectivity index (χ1v) is 19.1. The third-order valence-electron chi connectivity index (χ3n) is 8.92. The Labute approximate surface area is 333 Å². The normalized spacial score (nSPS) is 11.7. The van der Waals surface area contributed by atoms with Gasteiger partial charge in [-0.25, -0.2) is 19.6 Å². The van der Waals surface area contributed by atoms with E-state index in [1.54, 1.807) is 55.1 Å². The molecule has 0 saturated carbocycles. The SMILES string of the molecule is CCCN(Cc1ncc(-c2ccc(-c3ccc(-c4cnc(CN(CCC)C(=O)C(NC(=O)OC)c5ccccc5)[nH]4)cc3)cc2)[nH]1)C(=O)CNC(=O)OC(C)(C)C. The number of nitrogens with zero attached hydrogens (tertiary/aromatic N) is 4. The van der Waals surface area contributed by atoms with E-state index in [0.717, 1.165) is 46.5 Å². The second kappa shape index (κ2) is 19.4. The van der Waals surface area contributed by atoms with E-state index in [4.69, 9.17) is 9.47 Å². The Morgan fingerprint density at radius 1 is 0.702 bits per heavy atom. The number of carbonyl (C=O) groups excluding carboxylic acids is 4. The summed E-state index contributed by atoms with van der Waals surface area (Å²) in [5.41, 5.74) is 5.62. The van der Waals surface area contributed by atoms with Crippen molar-refractivity contribution in [3.63, 3.8) is 0 Å². The number of hydrogen-bond donors (Lipinski definition) is 4. The Balaban J connectivity index is 1.20. The molecule has 0 bridgehead atoms. The van der Waals surface area contributed by atoms with Gasteiger partial charge in [-0.05, 0) is 61.4 Å². The number of hydrogen-bond acceptors (Lipinski definition) is 8. The number of ether oxygens (including phenoxy) is 2. The van der Waals surface area contributed by atoms with Crippen LogP contribution in [0.4, 0.5) is 9.59 Å². The zero-order valence-corrected chi connectivity index (χ0v) is 33.4. The zero-order chi connectivity index (χ0) is 41.0. The van der Waals surface area contributed by atoms with Crippen LogP contribution >= 0.6 is 0 Å². The standard InChI is InChI=1S/C43H52N8O6/c1-7-22-50(38(52)26-46-41(54)57-43(3,4)5)27-36-44-24-34(47-36)31-18-14-29(15-19-31)30-16-20-32(21-17-30)35-25-45-37(48-35)28-51(23-8-2)40(53)39(49-42(55)56-6)33-12-10-9-11-13-33/h9-21,24-25,39H,7-8,22-23,26-28H2,1-6H3,(H,44,47)(H,45,48)(H,46,54)(H,49,55). The van der Waals surface area contributed by atoms with Crippen molar-refractivity contribution in [1.29, 1.82) is 0 Å². The van der Waals surface area contributed by atoms with Crippen molar-refractivity contribution in [2.24, 2.45) is 0 Å². The molecule has 1 unspecified atom stereocenters. The van der Waals surface area contributed by atoms with Crippen LogP contribution in [-0.2, 0) is 32.2 Å². The molecule has 0 saturated heterocycles. The number of methoxy groups -OCH3 is 1. The molecule has 14 nitrogen and oxygen atoms in total. The summed E-state index contributed by atoms with van der Waals surface area (Å²) < 4.78 is 10.0. The zero-order valence-electron chi connectivity index (χ0n) is 33.4. The van der Waals surface area contributed by atoms with Crippen LogP contribution < -0.4 is 10.6 Å². The number of aromatic amines is 2. The highest BCUT2D eigenvalue weighted by Crippen LogP contribution is 2.27. The summed E-state index contributed by atoms with van der Waals surface area (Å²) in [6.07, 6.45) is 3.67. The fourth-order valence-electron chi connectivity index (χ4n) is 6.19. The van der Waals surface area contributed by atoms with Gasteiger partial charge in [-0.3, -0.25) is 9.59 Å². The van der Waals surface area contributed by atoms with Crippen molar-refractivity contribution in [3.8, 4) is 33.6 Å². The summed E-state index contributed by atoms with van der Waals surface area (Å²) in [7, 11) is 1.27. The van der Waals surface area contributed by atoms with Gasteiger partial charge in [0.05, 0.1) is 44.0 Å². The van der Waals surface area contributed by atoms with Gasteiger partial charge in [0.25, 0.3) is 0 Å². The third kappa shape index (κ3) is 11.8. The van der Waals surface area contributed by atoms with Crippen LogP contribution in [0.5, 0.6) is 0 Å². The van der Waals surface area contributed by atoms with Crippen LogP contribution in [0.25, 0.3) is 33.6 Å². The topological polar surface area (TPSA) is 175 Å². The predicted molar refractivity (Wildman–Crippen MR) is 217 cm³/mol. The van der Waals surface area contributed by atoms with E-state index in [9.17, 15) is 19.2 Å². The van der Waals surface area contributed by atoms with Crippen LogP contribution in [0, 0.1) is 0 Å². The molecule has 0 spiro atoms. The lowest BCUT2D eigenvalue weighted by atomic mass is 10.0. The minimum atomic E-state index is -0.904. The molecule has 300 valence electrons. The molecule has 0 fully saturated rings. The van der Waals surface area contributed by atoms with Gasteiger partial charge in [0.1, 0.15) is 29.8 Å². The van der Waals surface area contributed by atoms with Crippen molar-refractivity contribution < 1.29 is 28.7 Å². The molecule has 5 rings (SSSR count). The van der Waals surface area contributed by atoms with Crippen molar-refractivity contribution >= 4 is 24.0 Å². The third-order valence-corrected chi connectivity index (χ3v) is 8.92. The molecular weight excluding hydrogens is 725 g/mol. The first-order chi connectivity index (χ1) is 27.4. The van der Waals surface area contributed by atoms with Gasteiger partial charge in [0.2, 0.25) is 11.8 Å². The highest BCUT2D eigenvalue weighted by Gasteiger charge is 2.28. The maximum Gasteiger partial charge on any atom is 0.408 e. The van der Waals surface area contributed by atoms with Crippen molar-refractivity contribution in [1.82, 2.24) is 40.4 Å². The number of nitrogens with one attached hydrogen (secondary N) is 4. The predicted octanol–water partition coefficient (Wildman–Crippen LogP) is 7.23. The number of alkyl carbamates (subject to hydrolysis) is 2. The van der Waals surface area contributed by atoms with Gasteiger partial charge >= 0.3 is 12.2 Å². The van der Waals surface area contributed by atoms with Crippen molar-refractivity contribution in [2.75, 3.05) is 26.7 Å².